The van der Waals surface area contributed by atoms with Crippen LogP contribution >= 0.6 is 11.6 Å². The van der Waals surface area contributed by atoms with Gasteiger partial charge in [-0.15, -0.1) is 10.2 Å². The summed E-state index contributed by atoms with van der Waals surface area (Å²) in [6.07, 6.45) is -4.55. The van der Waals surface area contributed by atoms with E-state index >= 15 is 0 Å². The van der Waals surface area contributed by atoms with Crippen molar-refractivity contribution < 1.29 is 31.2 Å². The number of nitrogens with zero attached hydrogens (tertiary/aromatic N) is 6. The van der Waals surface area contributed by atoms with Crippen LogP contribution in [0.5, 0.6) is 0 Å². The molecule has 0 bridgehead atoms. The Hall–Kier alpha value is -4.51. The van der Waals surface area contributed by atoms with Crippen LogP contribution in [0.3, 0.4) is 0 Å². The number of hydrogen-bond acceptors (Lipinski definition) is 9. The maximum atomic E-state index is 13.7. The summed E-state index contributed by atoms with van der Waals surface area (Å²) in [6, 6.07) is 10.0. The fourth-order valence-electron chi connectivity index (χ4n) is 4.55. The molecule has 226 valence electrons. The van der Waals surface area contributed by atoms with E-state index in [0.717, 1.165) is 0 Å². The first-order valence-corrected chi connectivity index (χ1v) is 14.8. The van der Waals surface area contributed by atoms with E-state index in [9.17, 15) is 31.2 Å². The summed E-state index contributed by atoms with van der Waals surface area (Å²) < 4.78 is 63.8. The molecule has 1 aliphatic heterocycles. The van der Waals surface area contributed by atoms with Crippen LogP contribution in [0.4, 0.5) is 24.5 Å². The van der Waals surface area contributed by atoms with Crippen molar-refractivity contribution in [2.24, 2.45) is 0 Å². The van der Waals surface area contributed by atoms with Crippen LogP contribution in [0.1, 0.15) is 44.3 Å². The highest BCUT2D eigenvalue weighted by Gasteiger charge is 2.37. The normalized spacial score (nSPS) is 16.3. The monoisotopic (exact) mass is 637 g/mol. The highest BCUT2D eigenvalue weighted by Crippen LogP contribution is 2.28. The fraction of sp³-hybridized carbons (Fsp3) is 0.280. The molecule has 4 N–H and O–H groups in total. The van der Waals surface area contributed by atoms with Crippen molar-refractivity contribution in [3.05, 3.63) is 75.8 Å². The van der Waals surface area contributed by atoms with Crippen LogP contribution in [0, 0.1) is 6.92 Å². The molecule has 4 aromatic rings. The first-order chi connectivity index (χ1) is 20.2. The quantitative estimate of drug-likeness (QED) is 0.257. The Bertz CT molecular complexity index is 1840. The summed E-state index contributed by atoms with van der Waals surface area (Å²) in [7, 11) is -3.27. The van der Waals surface area contributed by atoms with Crippen molar-refractivity contribution in [1.82, 2.24) is 35.3 Å². The predicted octanol–water partition coefficient (Wildman–Crippen LogP) is 2.64. The van der Waals surface area contributed by atoms with E-state index in [1.165, 1.54) is 22.9 Å². The van der Waals surface area contributed by atoms with E-state index in [-0.39, 0.29) is 63.5 Å². The maximum Gasteiger partial charge on any atom is 0.455 e. The number of benzene rings is 2. The average Bonchev–Trinajstić information content (AvgIpc) is 3.64. The molecule has 1 atom stereocenters. The molecule has 2 aromatic carbocycles. The minimum absolute atomic E-state index is 0.00526. The van der Waals surface area contributed by atoms with E-state index in [0.29, 0.717) is 10.4 Å². The Labute approximate surface area is 247 Å². The molecule has 0 saturated carbocycles. The zero-order valence-corrected chi connectivity index (χ0v) is 23.8. The number of nitrogen functional groups attached to an aromatic ring is 1. The van der Waals surface area contributed by atoms with Gasteiger partial charge in [0.1, 0.15) is 12.2 Å². The van der Waals surface area contributed by atoms with Crippen molar-refractivity contribution in [3.63, 3.8) is 0 Å². The van der Waals surface area contributed by atoms with Crippen molar-refractivity contribution in [1.29, 1.82) is 0 Å². The molecule has 1 aliphatic rings. The second-order valence-electron chi connectivity index (χ2n) is 9.81. The number of rotatable bonds is 7. The Morgan fingerprint density at radius 1 is 1.14 bits per heavy atom. The molecule has 0 spiro atoms. The summed E-state index contributed by atoms with van der Waals surface area (Å²) >= 11 is 6.36. The van der Waals surface area contributed by atoms with Gasteiger partial charge in [-0.2, -0.15) is 23.1 Å². The number of aromatic nitrogens is 6. The number of amides is 2. The van der Waals surface area contributed by atoms with E-state index < -0.39 is 39.7 Å². The number of hydrogen-bond donors (Lipinski definition) is 3. The van der Waals surface area contributed by atoms with Gasteiger partial charge in [-0.1, -0.05) is 23.7 Å². The minimum atomic E-state index is -4.80. The second kappa shape index (κ2) is 11.3. The van der Waals surface area contributed by atoms with E-state index in [1.807, 2.05) is 0 Å². The van der Waals surface area contributed by atoms with Gasteiger partial charge >= 0.3 is 6.18 Å². The van der Waals surface area contributed by atoms with Gasteiger partial charge in [0.25, 0.3) is 17.6 Å². The first-order valence-electron chi connectivity index (χ1n) is 12.6. The highest BCUT2D eigenvalue weighted by atomic mass is 35.5. The number of aryl methyl sites for hydroxylation is 1. The van der Waals surface area contributed by atoms with Crippen LogP contribution in [0.2, 0.25) is 5.02 Å². The molecule has 43 heavy (non-hydrogen) atoms. The summed E-state index contributed by atoms with van der Waals surface area (Å²) in [4.78, 5) is 27.6. The van der Waals surface area contributed by atoms with Crippen molar-refractivity contribution in [2.75, 3.05) is 22.6 Å². The Balaban J connectivity index is 1.48. The zero-order chi connectivity index (χ0) is 31.1. The van der Waals surface area contributed by atoms with Crippen LogP contribution in [0.25, 0.3) is 5.69 Å². The third-order valence-corrected chi connectivity index (χ3v) is 8.58. The molecule has 1 saturated heterocycles. The molecule has 2 aromatic heterocycles. The van der Waals surface area contributed by atoms with Crippen LogP contribution < -0.4 is 16.4 Å². The third-order valence-electron chi connectivity index (χ3n) is 6.49. The van der Waals surface area contributed by atoms with E-state index in [2.05, 4.69) is 31.1 Å². The standard InChI is InChI=1S/C25H23ClF3N9O4S/c1-13-8-14(30)9-17(22(39)31-15-6-7-43(41,42)12-15)21(13)32-23(40)20-10-16(11-37-35-24(33-36-37)25(27,28)29)34-38(20)19-5-3-2-4-18(19)26/h2-5,8-10,15H,6-7,11-12,30H2,1H3,(H,31,39)(H,32,40). The zero-order valence-electron chi connectivity index (χ0n) is 22.3. The number of tetrazole rings is 1. The number of sulfone groups is 1. The fourth-order valence-corrected chi connectivity index (χ4v) is 6.44. The van der Waals surface area contributed by atoms with Crippen LogP contribution in [0.15, 0.2) is 42.5 Å². The molecular formula is C25H23ClF3N9O4S. The maximum absolute atomic E-state index is 13.7. The molecule has 13 nitrogen and oxygen atoms in total. The summed E-state index contributed by atoms with van der Waals surface area (Å²) in [5.41, 5.74) is 7.08. The molecule has 1 unspecified atom stereocenters. The van der Waals surface area contributed by atoms with Gasteiger partial charge in [0.2, 0.25) is 0 Å². The van der Waals surface area contributed by atoms with E-state index in [1.54, 1.807) is 31.2 Å². The topological polar surface area (TPSA) is 180 Å². The average molecular weight is 638 g/mol. The van der Waals surface area contributed by atoms with Crippen molar-refractivity contribution in [3.8, 4) is 5.69 Å². The van der Waals surface area contributed by atoms with Gasteiger partial charge < -0.3 is 16.4 Å². The van der Waals surface area contributed by atoms with Crippen molar-refractivity contribution in [2.45, 2.75) is 32.1 Å². The molecular weight excluding hydrogens is 615 g/mol. The lowest BCUT2D eigenvalue weighted by Gasteiger charge is -2.17. The van der Waals surface area contributed by atoms with Crippen molar-refractivity contribution >= 4 is 44.6 Å². The number of anilines is 2. The Morgan fingerprint density at radius 2 is 1.88 bits per heavy atom. The number of para-hydroxylation sites is 1. The number of nitrogens with two attached hydrogens (primary N) is 1. The minimum Gasteiger partial charge on any atom is -0.399 e. The van der Waals surface area contributed by atoms with Gasteiger partial charge in [-0.25, -0.2) is 13.1 Å². The highest BCUT2D eigenvalue weighted by molar-refractivity contribution is 7.91. The van der Waals surface area contributed by atoms with Gasteiger partial charge in [0.05, 0.1) is 39.2 Å². The summed E-state index contributed by atoms with van der Waals surface area (Å²) in [5, 5.41) is 19.7. The number of carbonyl (C=O) groups is 2. The lowest BCUT2D eigenvalue weighted by Crippen LogP contribution is -2.36. The van der Waals surface area contributed by atoms with Gasteiger partial charge in [-0.05, 0) is 54.5 Å². The second-order valence-corrected chi connectivity index (χ2v) is 12.4. The summed E-state index contributed by atoms with van der Waals surface area (Å²) in [5.74, 6) is -3.06. The summed E-state index contributed by atoms with van der Waals surface area (Å²) in [6.45, 7) is 1.26. The van der Waals surface area contributed by atoms with Gasteiger partial charge in [0.15, 0.2) is 9.84 Å². The molecule has 2 amide bonds. The molecule has 3 heterocycles. The Kier molecular flexibility index (Phi) is 7.87. The molecule has 18 heteroatoms. The van der Waals surface area contributed by atoms with Crippen LogP contribution in [-0.4, -0.2) is 67.8 Å². The first kappa shape index (κ1) is 30.0. The number of carbonyl (C=O) groups excluding carboxylic acids is 2. The lowest BCUT2D eigenvalue weighted by atomic mass is 10.0. The largest absolute Gasteiger partial charge is 0.455 e. The van der Waals surface area contributed by atoms with E-state index in [4.69, 9.17) is 17.3 Å². The SMILES string of the molecule is Cc1cc(N)cc(C(=O)NC2CCS(=O)(=O)C2)c1NC(=O)c1cc(Cn2nnc(C(F)(F)F)n2)nn1-c1ccccc1Cl. The third kappa shape index (κ3) is 6.61. The lowest BCUT2D eigenvalue weighted by molar-refractivity contribution is -0.145. The number of nitrogens with one attached hydrogen (secondary N) is 2. The number of alkyl halides is 3. The smallest absolute Gasteiger partial charge is 0.399 e. The van der Waals surface area contributed by atoms with Gasteiger partial charge in [0, 0.05) is 11.7 Å². The van der Waals surface area contributed by atoms with Gasteiger partial charge in [-0.3, -0.25) is 9.59 Å². The number of halogens is 4. The molecule has 5 rings (SSSR count). The molecule has 1 fully saturated rings. The Morgan fingerprint density at radius 3 is 2.53 bits per heavy atom. The molecule has 0 radical (unpaired) electrons. The predicted molar refractivity (Wildman–Crippen MR) is 149 cm³/mol. The van der Waals surface area contributed by atoms with Crippen LogP contribution in [-0.2, 0) is 22.6 Å². The molecule has 0 aliphatic carbocycles.